The van der Waals surface area contributed by atoms with Gasteiger partial charge in [-0.2, -0.15) is 0 Å². The smallest absolute Gasteiger partial charge is 0.293 e. The van der Waals surface area contributed by atoms with Crippen molar-refractivity contribution in [1.82, 2.24) is 0 Å². The summed E-state index contributed by atoms with van der Waals surface area (Å²) in [6.07, 6.45) is 3.08. The quantitative estimate of drug-likeness (QED) is 0.545. The van der Waals surface area contributed by atoms with Gasteiger partial charge in [0.25, 0.3) is 6.47 Å². The van der Waals surface area contributed by atoms with Crippen LogP contribution in [0.3, 0.4) is 0 Å². The Labute approximate surface area is 126 Å². The zero-order chi connectivity index (χ0) is 15.1. The molecule has 2 rings (SSSR count). The van der Waals surface area contributed by atoms with Gasteiger partial charge >= 0.3 is 0 Å². The Hall–Kier alpha value is -1.39. The molecule has 0 N–H and O–H groups in total. The Morgan fingerprint density at radius 1 is 1.14 bits per heavy atom. The van der Waals surface area contributed by atoms with E-state index in [-0.39, 0.29) is 12.2 Å². The van der Waals surface area contributed by atoms with E-state index >= 15 is 0 Å². The van der Waals surface area contributed by atoms with Crippen molar-refractivity contribution in [1.29, 1.82) is 0 Å². The van der Waals surface area contributed by atoms with Crippen LogP contribution in [0, 0.1) is 0 Å². The van der Waals surface area contributed by atoms with Gasteiger partial charge in [-0.3, -0.25) is 4.79 Å². The molecular formula is C17H24O4. The highest BCUT2D eigenvalue weighted by atomic mass is 16.8. The summed E-state index contributed by atoms with van der Waals surface area (Å²) >= 11 is 0. The van der Waals surface area contributed by atoms with E-state index in [1.54, 1.807) is 0 Å². The summed E-state index contributed by atoms with van der Waals surface area (Å²) in [7, 11) is 0. The molecule has 0 unspecified atom stereocenters. The predicted molar refractivity (Wildman–Crippen MR) is 79.8 cm³/mol. The second-order valence-corrected chi connectivity index (χ2v) is 5.38. The van der Waals surface area contributed by atoms with Crippen LogP contribution in [0.5, 0.6) is 0 Å². The molecule has 0 radical (unpaired) electrons. The minimum absolute atomic E-state index is 0.00236. The highest BCUT2D eigenvalue weighted by Crippen LogP contribution is 2.36. The van der Waals surface area contributed by atoms with Gasteiger partial charge < -0.3 is 14.2 Å². The Morgan fingerprint density at radius 3 is 2.43 bits per heavy atom. The molecule has 116 valence electrons. The van der Waals surface area contributed by atoms with Gasteiger partial charge in [-0.05, 0) is 18.4 Å². The average Bonchev–Trinajstić information content (AvgIpc) is 2.87. The zero-order valence-corrected chi connectivity index (χ0v) is 12.8. The summed E-state index contributed by atoms with van der Waals surface area (Å²) in [4.78, 5) is 10.3. The third kappa shape index (κ3) is 4.05. The molecule has 1 heterocycles. The van der Waals surface area contributed by atoms with Crippen molar-refractivity contribution in [2.75, 3.05) is 6.61 Å². The lowest BCUT2D eigenvalue weighted by Gasteiger charge is -2.25. The summed E-state index contributed by atoms with van der Waals surface area (Å²) < 4.78 is 17.2. The third-order valence-corrected chi connectivity index (χ3v) is 4.09. The Kier molecular flexibility index (Phi) is 5.76. The van der Waals surface area contributed by atoms with Crippen molar-refractivity contribution in [3.8, 4) is 0 Å². The topological polar surface area (TPSA) is 44.8 Å². The first kappa shape index (κ1) is 16.0. The fourth-order valence-electron chi connectivity index (χ4n) is 2.81. The predicted octanol–water partition coefficient (Wildman–Crippen LogP) is 3.09. The molecule has 4 heteroatoms. The van der Waals surface area contributed by atoms with Crippen LogP contribution in [-0.4, -0.2) is 31.1 Å². The molecule has 1 saturated heterocycles. The van der Waals surface area contributed by atoms with Gasteiger partial charge in [0.15, 0.2) is 5.79 Å². The van der Waals surface area contributed by atoms with E-state index in [4.69, 9.17) is 14.2 Å². The number of carbonyl (C=O) groups excluding carboxylic acids is 1. The largest absolute Gasteiger partial charge is 0.468 e. The van der Waals surface area contributed by atoms with Crippen molar-refractivity contribution in [2.45, 2.75) is 57.5 Å². The van der Waals surface area contributed by atoms with E-state index in [9.17, 15) is 4.79 Å². The van der Waals surface area contributed by atoms with Gasteiger partial charge in [-0.15, -0.1) is 0 Å². The fourth-order valence-corrected chi connectivity index (χ4v) is 2.81. The maximum absolute atomic E-state index is 10.3. The minimum Gasteiger partial charge on any atom is -0.468 e. The van der Waals surface area contributed by atoms with Gasteiger partial charge in [0, 0.05) is 12.8 Å². The molecule has 0 saturated carbocycles. The van der Waals surface area contributed by atoms with Crippen LogP contribution in [0.4, 0.5) is 0 Å². The lowest BCUT2D eigenvalue weighted by atomic mass is 10.0. The summed E-state index contributed by atoms with van der Waals surface area (Å²) in [6.45, 7) is 5.00. The van der Waals surface area contributed by atoms with Crippen LogP contribution in [-0.2, 0) is 25.4 Å². The first-order valence-corrected chi connectivity index (χ1v) is 7.68. The van der Waals surface area contributed by atoms with Crippen molar-refractivity contribution < 1.29 is 19.0 Å². The van der Waals surface area contributed by atoms with Crippen molar-refractivity contribution in [3.63, 3.8) is 0 Å². The summed E-state index contributed by atoms with van der Waals surface area (Å²) in [5.74, 6) is -0.495. The maximum Gasteiger partial charge on any atom is 0.293 e. The molecule has 1 aliphatic heterocycles. The Balaban J connectivity index is 2.05. The average molecular weight is 292 g/mol. The van der Waals surface area contributed by atoms with Crippen LogP contribution in [0.15, 0.2) is 30.3 Å². The normalized spacial score (nSPS) is 23.9. The standard InChI is InChI=1S/C17H24O4/c1-3-17(4-2)20-15(10-11-19-13-18)16(21-17)12-14-8-6-5-7-9-14/h5-9,13,15-16H,3-4,10-12H2,1-2H3/t15-,16-/m0/s1. The molecule has 0 bridgehead atoms. The molecule has 1 aromatic rings. The van der Waals surface area contributed by atoms with Gasteiger partial charge in [0.05, 0.1) is 18.8 Å². The number of hydrogen-bond donors (Lipinski definition) is 0. The van der Waals surface area contributed by atoms with E-state index in [0.717, 1.165) is 19.3 Å². The SMILES string of the molecule is CCC1(CC)O[C@@H](CCOC=O)[C@H](Cc2ccccc2)O1. The van der Waals surface area contributed by atoms with E-state index in [1.807, 2.05) is 18.2 Å². The van der Waals surface area contributed by atoms with E-state index in [2.05, 4.69) is 26.0 Å². The number of hydrogen-bond acceptors (Lipinski definition) is 4. The lowest BCUT2D eigenvalue weighted by Crippen LogP contribution is -2.29. The summed E-state index contributed by atoms with van der Waals surface area (Å²) in [5.41, 5.74) is 1.23. The molecule has 1 fully saturated rings. The summed E-state index contributed by atoms with van der Waals surface area (Å²) in [5, 5.41) is 0. The molecule has 0 aliphatic carbocycles. The molecular weight excluding hydrogens is 268 g/mol. The van der Waals surface area contributed by atoms with E-state index in [0.29, 0.717) is 19.5 Å². The van der Waals surface area contributed by atoms with Gasteiger partial charge in [0.1, 0.15) is 0 Å². The van der Waals surface area contributed by atoms with Crippen LogP contribution >= 0.6 is 0 Å². The first-order chi connectivity index (χ1) is 10.2. The molecule has 0 aromatic heterocycles. The zero-order valence-electron chi connectivity index (χ0n) is 12.8. The van der Waals surface area contributed by atoms with E-state index < -0.39 is 5.79 Å². The highest BCUT2D eigenvalue weighted by molar-refractivity contribution is 5.36. The molecule has 2 atom stereocenters. The van der Waals surface area contributed by atoms with Gasteiger partial charge in [0.2, 0.25) is 0 Å². The number of carbonyl (C=O) groups is 1. The molecule has 1 aromatic carbocycles. The third-order valence-electron chi connectivity index (χ3n) is 4.09. The van der Waals surface area contributed by atoms with Crippen LogP contribution in [0.1, 0.15) is 38.7 Å². The van der Waals surface area contributed by atoms with Gasteiger partial charge in [-0.1, -0.05) is 44.2 Å². The number of rotatable bonds is 8. The van der Waals surface area contributed by atoms with E-state index in [1.165, 1.54) is 5.56 Å². The van der Waals surface area contributed by atoms with Crippen molar-refractivity contribution in [2.24, 2.45) is 0 Å². The molecule has 0 amide bonds. The molecule has 1 aliphatic rings. The Morgan fingerprint density at radius 2 is 1.81 bits per heavy atom. The second-order valence-electron chi connectivity index (χ2n) is 5.38. The fraction of sp³-hybridized carbons (Fsp3) is 0.588. The van der Waals surface area contributed by atoms with Gasteiger partial charge in [-0.25, -0.2) is 0 Å². The van der Waals surface area contributed by atoms with Crippen molar-refractivity contribution in [3.05, 3.63) is 35.9 Å². The first-order valence-electron chi connectivity index (χ1n) is 7.68. The molecule has 4 nitrogen and oxygen atoms in total. The lowest BCUT2D eigenvalue weighted by molar-refractivity contribution is -0.180. The highest BCUT2D eigenvalue weighted by Gasteiger charge is 2.44. The van der Waals surface area contributed by atoms with Crippen molar-refractivity contribution >= 4 is 6.47 Å². The molecule has 21 heavy (non-hydrogen) atoms. The van der Waals surface area contributed by atoms with Crippen LogP contribution in [0.2, 0.25) is 0 Å². The Bertz CT molecular complexity index is 428. The monoisotopic (exact) mass is 292 g/mol. The number of benzene rings is 1. The summed E-state index contributed by atoms with van der Waals surface area (Å²) in [6, 6.07) is 10.3. The minimum atomic E-state index is -0.495. The van der Waals surface area contributed by atoms with Crippen LogP contribution < -0.4 is 0 Å². The number of ether oxygens (including phenoxy) is 3. The second kappa shape index (κ2) is 7.57. The maximum atomic E-state index is 10.3. The van der Waals surface area contributed by atoms with Crippen LogP contribution in [0.25, 0.3) is 0 Å². The molecule has 0 spiro atoms.